The molecule has 1 unspecified atom stereocenters. The molecule has 2 heterocycles. The molecule has 3 nitrogen and oxygen atoms in total. The molecule has 0 saturated heterocycles. The lowest BCUT2D eigenvalue weighted by Crippen LogP contribution is -2.35. The van der Waals surface area contributed by atoms with Crippen LogP contribution in [0.15, 0.2) is 35.8 Å². The summed E-state index contributed by atoms with van der Waals surface area (Å²) in [7, 11) is 0. The third-order valence-corrected chi connectivity index (χ3v) is 4.74. The van der Waals surface area contributed by atoms with Crippen molar-refractivity contribution in [3.05, 3.63) is 52.0 Å². The molecule has 2 aromatic rings. The van der Waals surface area contributed by atoms with Crippen LogP contribution < -0.4 is 5.73 Å². The molecule has 0 spiro atoms. The second-order valence-corrected chi connectivity index (χ2v) is 6.50. The van der Waals surface area contributed by atoms with Gasteiger partial charge in [-0.2, -0.15) is 0 Å². The zero-order valence-electron chi connectivity index (χ0n) is 11.8. The third kappa shape index (κ3) is 3.08. The van der Waals surface area contributed by atoms with E-state index in [1.807, 2.05) is 24.5 Å². The van der Waals surface area contributed by atoms with Gasteiger partial charge in [-0.25, -0.2) is 0 Å². The molecule has 106 valence electrons. The first kappa shape index (κ1) is 13.7. The molecular formula is C16H21N3S. The summed E-state index contributed by atoms with van der Waals surface area (Å²) in [6.45, 7) is 3.66. The quantitative estimate of drug-likeness (QED) is 0.887. The van der Waals surface area contributed by atoms with E-state index in [0.29, 0.717) is 12.6 Å². The van der Waals surface area contributed by atoms with Crippen LogP contribution in [0.2, 0.25) is 0 Å². The molecule has 1 aliphatic rings. The monoisotopic (exact) mass is 287 g/mol. The normalized spacial score (nSPS) is 16.6. The van der Waals surface area contributed by atoms with E-state index in [-0.39, 0.29) is 6.04 Å². The van der Waals surface area contributed by atoms with Crippen molar-refractivity contribution in [1.82, 2.24) is 9.88 Å². The van der Waals surface area contributed by atoms with Gasteiger partial charge in [-0.1, -0.05) is 12.1 Å². The van der Waals surface area contributed by atoms with Crippen molar-refractivity contribution in [1.29, 1.82) is 0 Å². The van der Waals surface area contributed by atoms with Crippen molar-refractivity contribution in [3.8, 4) is 0 Å². The van der Waals surface area contributed by atoms with E-state index in [1.54, 1.807) is 0 Å². The van der Waals surface area contributed by atoms with Gasteiger partial charge in [0.2, 0.25) is 0 Å². The van der Waals surface area contributed by atoms with E-state index in [0.717, 1.165) is 12.2 Å². The highest BCUT2D eigenvalue weighted by Crippen LogP contribution is 2.35. The standard InChI is InChI=1S/C16H21N3S/c1-12-4-5-13(10-18-12)16(9-17)19(14-6-7-14)11-15-3-2-8-20-15/h2-5,8,10,14,16H,6-7,9,11,17H2,1H3. The number of thiophene rings is 1. The van der Waals surface area contributed by atoms with Crippen molar-refractivity contribution in [2.45, 2.75) is 38.4 Å². The molecule has 0 aromatic carbocycles. The zero-order chi connectivity index (χ0) is 13.9. The van der Waals surface area contributed by atoms with Crippen LogP contribution in [-0.4, -0.2) is 22.5 Å². The average Bonchev–Trinajstić information content (AvgIpc) is 3.18. The molecule has 1 atom stereocenters. The molecule has 2 aromatic heterocycles. The van der Waals surface area contributed by atoms with Crippen LogP contribution >= 0.6 is 11.3 Å². The van der Waals surface area contributed by atoms with Crippen LogP contribution in [-0.2, 0) is 6.54 Å². The van der Waals surface area contributed by atoms with Crippen LogP contribution in [0.1, 0.15) is 35.0 Å². The highest BCUT2D eigenvalue weighted by Gasteiger charge is 2.34. The van der Waals surface area contributed by atoms with E-state index in [1.165, 1.54) is 23.3 Å². The average molecular weight is 287 g/mol. The zero-order valence-corrected chi connectivity index (χ0v) is 12.6. The number of rotatable bonds is 6. The van der Waals surface area contributed by atoms with Gasteiger partial charge in [-0.05, 0) is 42.8 Å². The van der Waals surface area contributed by atoms with Gasteiger partial charge >= 0.3 is 0 Å². The van der Waals surface area contributed by atoms with Crippen LogP contribution in [0.25, 0.3) is 0 Å². The Kier molecular flexibility index (Phi) is 4.15. The Morgan fingerprint density at radius 3 is 2.80 bits per heavy atom. The molecule has 1 saturated carbocycles. The Balaban J connectivity index is 1.82. The summed E-state index contributed by atoms with van der Waals surface area (Å²) in [6, 6.07) is 9.54. The Hall–Kier alpha value is -1.23. The van der Waals surface area contributed by atoms with E-state index in [2.05, 4.69) is 39.5 Å². The maximum atomic E-state index is 6.07. The summed E-state index contributed by atoms with van der Waals surface area (Å²) in [5.41, 5.74) is 8.37. The minimum Gasteiger partial charge on any atom is -0.329 e. The van der Waals surface area contributed by atoms with Gasteiger partial charge in [0.25, 0.3) is 0 Å². The second-order valence-electron chi connectivity index (χ2n) is 5.47. The molecule has 0 aliphatic heterocycles. The summed E-state index contributed by atoms with van der Waals surface area (Å²) in [5.74, 6) is 0. The van der Waals surface area contributed by atoms with Crippen molar-refractivity contribution < 1.29 is 0 Å². The Labute approximate surface area is 124 Å². The van der Waals surface area contributed by atoms with Crippen LogP contribution in [0.4, 0.5) is 0 Å². The van der Waals surface area contributed by atoms with Gasteiger partial charge in [0.1, 0.15) is 0 Å². The summed E-state index contributed by atoms with van der Waals surface area (Å²) in [6.07, 6.45) is 4.57. The SMILES string of the molecule is Cc1ccc(C(CN)N(Cc2cccs2)C2CC2)cn1. The van der Waals surface area contributed by atoms with E-state index in [9.17, 15) is 0 Å². The molecule has 2 N–H and O–H groups in total. The first-order chi connectivity index (χ1) is 9.78. The van der Waals surface area contributed by atoms with Crippen LogP contribution in [0.3, 0.4) is 0 Å². The summed E-state index contributed by atoms with van der Waals surface area (Å²) >= 11 is 1.82. The molecule has 0 amide bonds. The number of pyridine rings is 1. The number of aromatic nitrogens is 1. The second kappa shape index (κ2) is 6.04. The lowest BCUT2D eigenvalue weighted by molar-refractivity contribution is 0.183. The Morgan fingerprint density at radius 2 is 2.25 bits per heavy atom. The van der Waals surface area contributed by atoms with E-state index >= 15 is 0 Å². The summed E-state index contributed by atoms with van der Waals surface area (Å²) < 4.78 is 0. The molecule has 4 heteroatoms. The fourth-order valence-corrected chi connectivity index (χ4v) is 3.33. The van der Waals surface area contributed by atoms with Crippen molar-refractivity contribution in [2.75, 3.05) is 6.54 Å². The third-order valence-electron chi connectivity index (χ3n) is 3.88. The van der Waals surface area contributed by atoms with Gasteiger partial charge < -0.3 is 5.73 Å². The number of hydrogen-bond donors (Lipinski definition) is 1. The molecule has 20 heavy (non-hydrogen) atoms. The maximum Gasteiger partial charge on any atom is 0.0492 e. The molecule has 1 fully saturated rings. The number of aryl methyl sites for hydroxylation is 1. The van der Waals surface area contributed by atoms with Gasteiger partial charge in [-0.3, -0.25) is 9.88 Å². The highest BCUT2D eigenvalue weighted by molar-refractivity contribution is 7.09. The molecule has 0 radical (unpaired) electrons. The van der Waals surface area contributed by atoms with Gasteiger partial charge in [-0.15, -0.1) is 11.3 Å². The van der Waals surface area contributed by atoms with Crippen molar-refractivity contribution in [3.63, 3.8) is 0 Å². The first-order valence-corrected chi connectivity index (χ1v) is 8.06. The van der Waals surface area contributed by atoms with E-state index < -0.39 is 0 Å². The fourth-order valence-electron chi connectivity index (χ4n) is 2.62. The fraction of sp³-hybridized carbons (Fsp3) is 0.438. The highest BCUT2D eigenvalue weighted by atomic mass is 32.1. The topological polar surface area (TPSA) is 42.1 Å². The largest absolute Gasteiger partial charge is 0.329 e. The van der Waals surface area contributed by atoms with Crippen LogP contribution in [0, 0.1) is 6.92 Å². The predicted molar refractivity (Wildman–Crippen MR) is 83.7 cm³/mol. The van der Waals surface area contributed by atoms with Crippen LogP contribution in [0.5, 0.6) is 0 Å². The number of hydrogen-bond acceptors (Lipinski definition) is 4. The van der Waals surface area contributed by atoms with Gasteiger partial charge in [0.15, 0.2) is 0 Å². The van der Waals surface area contributed by atoms with Crippen molar-refractivity contribution >= 4 is 11.3 Å². The summed E-state index contributed by atoms with van der Waals surface area (Å²) in [5, 5.41) is 2.14. The number of nitrogens with two attached hydrogens (primary N) is 1. The smallest absolute Gasteiger partial charge is 0.0492 e. The Morgan fingerprint density at radius 1 is 1.40 bits per heavy atom. The molecule has 1 aliphatic carbocycles. The minimum atomic E-state index is 0.276. The van der Waals surface area contributed by atoms with Gasteiger partial charge in [0.05, 0.1) is 0 Å². The minimum absolute atomic E-state index is 0.276. The first-order valence-electron chi connectivity index (χ1n) is 7.18. The maximum absolute atomic E-state index is 6.07. The lowest BCUT2D eigenvalue weighted by atomic mass is 10.1. The van der Waals surface area contributed by atoms with E-state index in [4.69, 9.17) is 5.73 Å². The molecular weight excluding hydrogens is 266 g/mol. The summed E-state index contributed by atoms with van der Waals surface area (Å²) in [4.78, 5) is 8.39. The predicted octanol–water partition coefficient (Wildman–Crippen LogP) is 3.12. The van der Waals surface area contributed by atoms with Crippen molar-refractivity contribution in [2.24, 2.45) is 5.73 Å². The number of nitrogens with zero attached hydrogens (tertiary/aromatic N) is 2. The lowest BCUT2D eigenvalue weighted by Gasteiger charge is -2.31. The van der Waals surface area contributed by atoms with Gasteiger partial charge in [0, 0.05) is 41.9 Å². The molecule has 3 rings (SSSR count). The molecule has 0 bridgehead atoms. The Bertz CT molecular complexity index is 531.